The first-order valence-electron chi connectivity index (χ1n) is 9.44. The predicted molar refractivity (Wildman–Crippen MR) is 102 cm³/mol. The molecule has 1 atom stereocenters. The minimum absolute atomic E-state index is 0.310. The monoisotopic (exact) mass is 350 g/mol. The second-order valence-electron chi connectivity index (χ2n) is 7.15. The van der Waals surface area contributed by atoms with Crippen LogP contribution in [0.3, 0.4) is 0 Å². The molecule has 0 saturated carbocycles. The van der Waals surface area contributed by atoms with Crippen LogP contribution in [-0.2, 0) is 11.3 Å². The Balaban J connectivity index is 1.59. The third-order valence-corrected chi connectivity index (χ3v) is 5.43. The van der Waals surface area contributed by atoms with Crippen LogP contribution in [0.2, 0.25) is 0 Å². The Hall–Kier alpha value is -2.24. The van der Waals surface area contributed by atoms with Crippen molar-refractivity contribution in [2.24, 2.45) is 5.92 Å². The highest BCUT2D eigenvalue weighted by Gasteiger charge is 2.23. The molecular weight excluding hydrogens is 324 g/mol. The van der Waals surface area contributed by atoms with Crippen molar-refractivity contribution in [3.05, 3.63) is 66.2 Å². The van der Waals surface area contributed by atoms with Crippen LogP contribution in [0.15, 0.2) is 55.1 Å². The number of ether oxygens (including phenoxy) is 1. The van der Waals surface area contributed by atoms with E-state index in [1.54, 1.807) is 0 Å². The van der Waals surface area contributed by atoms with Gasteiger partial charge in [0.05, 0.1) is 11.7 Å². The minimum Gasteiger partial charge on any atom is -0.381 e. The lowest BCUT2D eigenvalue weighted by atomic mass is 9.97. The lowest BCUT2D eigenvalue weighted by Crippen LogP contribution is -2.34. The molecule has 1 saturated heterocycles. The summed E-state index contributed by atoms with van der Waals surface area (Å²) in [6, 6.07) is 10.7. The van der Waals surface area contributed by atoms with Crippen molar-refractivity contribution in [1.29, 1.82) is 0 Å². The molecule has 0 spiro atoms. The standard InChI is InChI=1S/C21H26N4O/c1-17(19-5-4-9-22-13-19)24(15-18-7-11-26-12-8-18)16-20-14-23-25-10-3-2-6-21(20)25/h2-6,9-10,13-14,17-18H,7-8,11-12,15-16H2,1H3. The lowest BCUT2D eigenvalue weighted by molar-refractivity contribution is 0.0447. The molecule has 0 amide bonds. The maximum absolute atomic E-state index is 5.55. The predicted octanol–water partition coefficient (Wildman–Crippen LogP) is 3.72. The van der Waals surface area contributed by atoms with Crippen LogP contribution in [-0.4, -0.2) is 39.3 Å². The van der Waals surface area contributed by atoms with Gasteiger partial charge in [0.2, 0.25) is 0 Å². The quantitative estimate of drug-likeness (QED) is 0.679. The zero-order valence-electron chi connectivity index (χ0n) is 15.3. The Bertz CT molecular complexity index is 826. The first-order chi connectivity index (χ1) is 12.8. The number of fused-ring (bicyclic) bond motifs is 1. The molecule has 3 aromatic heterocycles. The van der Waals surface area contributed by atoms with Gasteiger partial charge in [-0.3, -0.25) is 9.88 Å². The van der Waals surface area contributed by atoms with E-state index < -0.39 is 0 Å². The van der Waals surface area contributed by atoms with E-state index in [2.05, 4.69) is 40.1 Å². The highest BCUT2D eigenvalue weighted by atomic mass is 16.5. The topological polar surface area (TPSA) is 42.7 Å². The maximum Gasteiger partial charge on any atom is 0.0706 e. The highest BCUT2D eigenvalue weighted by molar-refractivity contribution is 5.53. The Kier molecular flexibility index (Phi) is 5.27. The van der Waals surface area contributed by atoms with Crippen LogP contribution in [0.25, 0.3) is 5.52 Å². The van der Waals surface area contributed by atoms with E-state index in [9.17, 15) is 0 Å². The fourth-order valence-corrected chi connectivity index (χ4v) is 3.78. The van der Waals surface area contributed by atoms with Crippen LogP contribution in [0.1, 0.15) is 36.9 Å². The van der Waals surface area contributed by atoms with E-state index in [4.69, 9.17) is 4.74 Å². The molecule has 3 aromatic rings. The molecule has 0 bridgehead atoms. The fourth-order valence-electron chi connectivity index (χ4n) is 3.78. The van der Waals surface area contributed by atoms with Gasteiger partial charge in [0.1, 0.15) is 0 Å². The summed E-state index contributed by atoms with van der Waals surface area (Å²) in [5.74, 6) is 0.685. The molecule has 4 heterocycles. The van der Waals surface area contributed by atoms with Crippen molar-refractivity contribution in [1.82, 2.24) is 19.5 Å². The van der Waals surface area contributed by atoms with Crippen molar-refractivity contribution in [2.75, 3.05) is 19.8 Å². The highest BCUT2D eigenvalue weighted by Crippen LogP contribution is 2.27. The average molecular weight is 350 g/mol. The molecule has 5 heteroatoms. The maximum atomic E-state index is 5.55. The molecule has 0 radical (unpaired) electrons. The first-order valence-corrected chi connectivity index (χ1v) is 9.44. The van der Waals surface area contributed by atoms with Gasteiger partial charge in [0.25, 0.3) is 0 Å². The van der Waals surface area contributed by atoms with E-state index in [-0.39, 0.29) is 0 Å². The van der Waals surface area contributed by atoms with Crippen molar-refractivity contribution in [3.63, 3.8) is 0 Å². The third kappa shape index (κ3) is 3.79. The van der Waals surface area contributed by atoms with Gasteiger partial charge in [-0.1, -0.05) is 12.1 Å². The van der Waals surface area contributed by atoms with Gasteiger partial charge in [0, 0.05) is 56.5 Å². The summed E-state index contributed by atoms with van der Waals surface area (Å²) in [4.78, 5) is 6.89. The van der Waals surface area contributed by atoms with Crippen LogP contribution in [0.4, 0.5) is 0 Å². The van der Waals surface area contributed by atoms with Crippen LogP contribution in [0.5, 0.6) is 0 Å². The largest absolute Gasteiger partial charge is 0.381 e. The molecule has 1 unspecified atom stereocenters. The molecule has 1 aliphatic rings. The summed E-state index contributed by atoms with van der Waals surface area (Å²) in [5.41, 5.74) is 3.72. The number of aromatic nitrogens is 3. The van der Waals surface area contributed by atoms with E-state index in [0.29, 0.717) is 12.0 Å². The molecule has 0 aliphatic carbocycles. The Morgan fingerprint density at radius 3 is 2.88 bits per heavy atom. The summed E-state index contributed by atoms with van der Waals surface area (Å²) in [6.07, 6.45) is 10.1. The van der Waals surface area contributed by atoms with Gasteiger partial charge >= 0.3 is 0 Å². The van der Waals surface area contributed by atoms with Crippen molar-refractivity contribution in [3.8, 4) is 0 Å². The summed E-state index contributed by atoms with van der Waals surface area (Å²) in [6.45, 7) is 6.01. The van der Waals surface area contributed by atoms with Gasteiger partial charge in [-0.25, -0.2) is 4.52 Å². The van der Waals surface area contributed by atoms with Gasteiger partial charge in [0.15, 0.2) is 0 Å². The van der Waals surface area contributed by atoms with Gasteiger partial charge in [-0.15, -0.1) is 0 Å². The van der Waals surface area contributed by atoms with E-state index in [1.165, 1.54) is 16.6 Å². The van der Waals surface area contributed by atoms with Crippen LogP contribution >= 0.6 is 0 Å². The molecule has 136 valence electrons. The second-order valence-corrected chi connectivity index (χ2v) is 7.15. The summed E-state index contributed by atoms with van der Waals surface area (Å²) >= 11 is 0. The Labute approximate surface area is 154 Å². The Morgan fingerprint density at radius 1 is 1.19 bits per heavy atom. The molecule has 1 aliphatic heterocycles. The summed E-state index contributed by atoms with van der Waals surface area (Å²) in [7, 11) is 0. The molecule has 4 rings (SSSR count). The van der Waals surface area contributed by atoms with E-state index in [1.807, 2.05) is 41.4 Å². The zero-order chi connectivity index (χ0) is 17.8. The lowest BCUT2D eigenvalue weighted by Gasteiger charge is -2.34. The molecule has 0 aromatic carbocycles. The van der Waals surface area contributed by atoms with Crippen molar-refractivity contribution < 1.29 is 4.74 Å². The molecular formula is C21H26N4O. The van der Waals surface area contributed by atoms with Gasteiger partial charge < -0.3 is 4.74 Å². The normalized spacial score (nSPS) is 17.0. The van der Waals surface area contributed by atoms with Crippen LogP contribution < -0.4 is 0 Å². The van der Waals surface area contributed by atoms with Gasteiger partial charge in [-0.05, 0) is 49.4 Å². The van der Waals surface area contributed by atoms with Crippen molar-refractivity contribution >= 4 is 5.52 Å². The number of pyridine rings is 2. The van der Waals surface area contributed by atoms with Gasteiger partial charge in [-0.2, -0.15) is 5.10 Å². The summed E-state index contributed by atoms with van der Waals surface area (Å²) < 4.78 is 7.50. The zero-order valence-corrected chi connectivity index (χ0v) is 15.3. The minimum atomic E-state index is 0.310. The Morgan fingerprint density at radius 2 is 2.08 bits per heavy atom. The van der Waals surface area contributed by atoms with E-state index >= 15 is 0 Å². The average Bonchev–Trinajstić information content (AvgIpc) is 3.11. The molecule has 0 N–H and O–H groups in total. The third-order valence-electron chi connectivity index (χ3n) is 5.43. The fraction of sp³-hybridized carbons (Fsp3) is 0.429. The number of hydrogen-bond acceptors (Lipinski definition) is 4. The number of rotatable bonds is 6. The molecule has 1 fully saturated rings. The van der Waals surface area contributed by atoms with Crippen LogP contribution in [0, 0.1) is 5.92 Å². The molecule has 5 nitrogen and oxygen atoms in total. The SMILES string of the molecule is CC(c1cccnc1)N(Cc1cnn2ccccc12)CC1CCOCC1. The second kappa shape index (κ2) is 7.98. The summed E-state index contributed by atoms with van der Waals surface area (Å²) in [5, 5.41) is 4.51. The number of hydrogen-bond donors (Lipinski definition) is 0. The first kappa shape index (κ1) is 17.2. The number of nitrogens with zero attached hydrogens (tertiary/aromatic N) is 4. The van der Waals surface area contributed by atoms with E-state index in [0.717, 1.165) is 39.1 Å². The molecule has 26 heavy (non-hydrogen) atoms. The smallest absolute Gasteiger partial charge is 0.0706 e. The van der Waals surface area contributed by atoms with Crippen molar-refractivity contribution in [2.45, 2.75) is 32.4 Å².